The molecular formula is C9H5BrFN. The molecule has 0 bridgehead atoms. The fourth-order valence-corrected chi connectivity index (χ4v) is 1.15. The minimum absolute atomic E-state index is 0.302. The van der Waals surface area contributed by atoms with E-state index in [1.807, 2.05) is 6.07 Å². The molecule has 0 aliphatic rings. The molecule has 1 rings (SSSR count). The van der Waals surface area contributed by atoms with E-state index in [4.69, 9.17) is 5.26 Å². The molecule has 0 aromatic heterocycles. The Morgan fingerprint density at radius 3 is 2.83 bits per heavy atom. The van der Waals surface area contributed by atoms with Crippen molar-refractivity contribution in [1.29, 1.82) is 5.26 Å². The van der Waals surface area contributed by atoms with Gasteiger partial charge in [0.15, 0.2) is 0 Å². The number of benzene rings is 1. The Bertz CT molecular complexity index is 352. The van der Waals surface area contributed by atoms with E-state index in [1.54, 1.807) is 18.2 Å². The number of halogens is 2. The van der Waals surface area contributed by atoms with Gasteiger partial charge in [0, 0.05) is 6.08 Å². The van der Waals surface area contributed by atoms with Gasteiger partial charge in [-0.1, -0.05) is 6.07 Å². The Hall–Kier alpha value is -1.14. The summed E-state index contributed by atoms with van der Waals surface area (Å²) >= 11 is 3.05. The minimum Gasteiger partial charge on any atom is -0.206 e. The predicted molar refractivity (Wildman–Crippen MR) is 48.7 cm³/mol. The maximum Gasteiger partial charge on any atom is 0.137 e. The topological polar surface area (TPSA) is 23.8 Å². The third-order valence-electron chi connectivity index (χ3n) is 1.29. The Labute approximate surface area is 78.3 Å². The number of nitrogens with zero attached hydrogens (tertiary/aromatic N) is 1. The second-order valence-corrected chi connectivity index (χ2v) is 2.99. The van der Waals surface area contributed by atoms with E-state index in [9.17, 15) is 4.39 Å². The van der Waals surface area contributed by atoms with Gasteiger partial charge >= 0.3 is 0 Å². The maximum atomic E-state index is 12.7. The lowest BCUT2D eigenvalue weighted by molar-refractivity contribution is 0.621. The smallest absolute Gasteiger partial charge is 0.137 e. The third kappa shape index (κ3) is 2.18. The number of nitriles is 1. The van der Waals surface area contributed by atoms with Crippen molar-refractivity contribution in [2.75, 3.05) is 0 Å². The van der Waals surface area contributed by atoms with E-state index >= 15 is 0 Å². The average Bonchev–Trinajstić information content (AvgIpc) is 2.07. The van der Waals surface area contributed by atoms with Crippen LogP contribution in [0.1, 0.15) is 5.56 Å². The van der Waals surface area contributed by atoms with Crippen molar-refractivity contribution < 1.29 is 4.39 Å². The zero-order valence-electron chi connectivity index (χ0n) is 6.09. The van der Waals surface area contributed by atoms with Crippen molar-refractivity contribution in [2.45, 2.75) is 0 Å². The van der Waals surface area contributed by atoms with Gasteiger partial charge in [-0.2, -0.15) is 5.26 Å². The van der Waals surface area contributed by atoms with E-state index in [1.165, 1.54) is 12.1 Å². The van der Waals surface area contributed by atoms with E-state index < -0.39 is 0 Å². The quantitative estimate of drug-likeness (QED) is 0.675. The molecule has 1 aromatic carbocycles. The summed E-state index contributed by atoms with van der Waals surface area (Å²) in [4.78, 5) is 0. The first-order chi connectivity index (χ1) is 5.74. The van der Waals surface area contributed by atoms with Crippen LogP contribution in [-0.4, -0.2) is 0 Å². The van der Waals surface area contributed by atoms with E-state index in [0.717, 1.165) is 5.56 Å². The van der Waals surface area contributed by atoms with Crippen LogP contribution in [0.2, 0.25) is 0 Å². The highest BCUT2D eigenvalue weighted by Gasteiger charge is 1.96. The highest BCUT2D eigenvalue weighted by Crippen LogP contribution is 2.17. The van der Waals surface area contributed by atoms with Gasteiger partial charge in [-0.05, 0) is 39.7 Å². The number of rotatable bonds is 1. The van der Waals surface area contributed by atoms with Crippen molar-refractivity contribution in [3.05, 3.63) is 40.1 Å². The highest BCUT2D eigenvalue weighted by molar-refractivity contribution is 9.10. The predicted octanol–water partition coefficient (Wildman–Crippen LogP) is 3.12. The van der Waals surface area contributed by atoms with E-state index in [-0.39, 0.29) is 5.82 Å². The fourth-order valence-electron chi connectivity index (χ4n) is 0.750. The molecule has 60 valence electrons. The van der Waals surface area contributed by atoms with Crippen molar-refractivity contribution in [3.63, 3.8) is 0 Å². The first-order valence-electron chi connectivity index (χ1n) is 3.25. The molecule has 0 spiro atoms. The summed E-state index contributed by atoms with van der Waals surface area (Å²) in [5.74, 6) is -0.302. The number of hydrogen-bond donors (Lipinski definition) is 0. The molecule has 0 amide bonds. The summed E-state index contributed by atoms with van der Waals surface area (Å²) in [7, 11) is 0. The number of allylic oxidation sites excluding steroid dienone is 1. The summed E-state index contributed by atoms with van der Waals surface area (Å²) in [6.45, 7) is 0. The van der Waals surface area contributed by atoms with Crippen LogP contribution in [0, 0.1) is 17.1 Å². The molecule has 0 saturated carbocycles. The zero-order valence-corrected chi connectivity index (χ0v) is 7.68. The Morgan fingerprint density at radius 2 is 2.25 bits per heavy atom. The normalized spacial score (nSPS) is 10.1. The molecule has 0 saturated heterocycles. The fraction of sp³-hybridized carbons (Fsp3) is 0. The van der Waals surface area contributed by atoms with Gasteiger partial charge in [-0.15, -0.1) is 0 Å². The molecule has 0 aliphatic heterocycles. The first kappa shape index (κ1) is 8.95. The molecule has 1 nitrogen and oxygen atoms in total. The van der Waals surface area contributed by atoms with Gasteiger partial charge in [0.1, 0.15) is 5.82 Å². The summed E-state index contributed by atoms with van der Waals surface area (Å²) in [6, 6.07) is 6.43. The lowest BCUT2D eigenvalue weighted by Gasteiger charge is -1.94. The molecule has 0 fully saturated rings. The Balaban J connectivity index is 2.99. The Morgan fingerprint density at radius 1 is 1.50 bits per heavy atom. The minimum atomic E-state index is -0.302. The standard InChI is InChI=1S/C9H5BrFN/c10-8-6-7(2-1-5-12)3-4-9(8)11/h1-4,6H. The monoisotopic (exact) mass is 225 g/mol. The van der Waals surface area contributed by atoms with Gasteiger partial charge in [0.2, 0.25) is 0 Å². The summed E-state index contributed by atoms with van der Waals surface area (Å²) in [5, 5.41) is 8.23. The van der Waals surface area contributed by atoms with E-state index in [2.05, 4.69) is 15.9 Å². The van der Waals surface area contributed by atoms with Crippen molar-refractivity contribution in [1.82, 2.24) is 0 Å². The van der Waals surface area contributed by atoms with Crippen molar-refractivity contribution in [3.8, 4) is 6.07 Å². The SMILES string of the molecule is N#CC=Cc1ccc(F)c(Br)c1. The molecule has 0 heterocycles. The summed E-state index contributed by atoms with van der Waals surface area (Å²) < 4.78 is 13.1. The van der Waals surface area contributed by atoms with Crippen LogP contribution >= 0.6 is 15.9 Å². The van der Waals surface area contributed by atoms with Crippen LogP contribution in [-0.2, 0) is 0 Å². The Kier molecular flexibility index (Phi) is 3.01. The molecule has 3 heteroatoms. The summed E-state index contributed by atoms with van der Waals surface area (Å²) in [6.07, 6.45) is 2.96. The lowest BCUT2D eigenvalue weighted by Crippen LogP contribution is -1.77. The van der Waals surface area contributed by atoms with Crippen LogP contribution in [0.25, 0.3) is 6.08 Å². The molecule has 0 atom stereocenters. The van der Waals surface area contributed by atoms with Crippen LogP contribution in [0.5, 0.6) is 0 Å². The largest absolute Gasteiger partial charge is 0.206 e. The van der Waals surface area contributed by atoms with Crippen LogP contribution < -0.4 is 0 Å². The molecule has 0 aliphatic carbocycles. The van der Waals surface area contributed by atoms with Gasteiger partial charge < -0.3 is 0 Å². The lowest BCUT2D eigenvalue weighted by atomic mass is 10.2. The van der Waals surface area contributed by atoms with Gasteiger partial charge in [-0.3, -0.25) is 0 Å². The van der Waals surface area contributed by atoms with Gasteiger partial charge in [-0.25, -0.2) is 4.39 Å². The molecule has 12 heavy (non-hydrogen) atoms. The number of hydrogen-bond acceptors (Lipinski definition) is 1. The van der Waals surface area contributed by atoms with Crippen molar-refractivity contribution in [2.24, 2.45) is 0 Å². The zero-order chi connectivity index (χ0) is 8.97. The second kappa shape index (κ2) is 4.03. The van der Waals surface area contributed by atoms with Crippen LogP contribution in [0.4, 0.5) is 4.39 Å². The molecule has 0 unspecified atom stereocenters. The average molecular weight is 226 g/mol. The molecule has 0 radical (unpaired) electrons. The highest BCUT2D eigenvalue weighted by atomic mass is 79.9. The van der Waals surface area contributed by atoms with Crippen molar-refractivity contribution >= 4 is 22.0 Å². The molecule has 1 aromatic rings. The van der Waals surface area contributed by atoms with Gasteiger partial charge in [0.25, 0.3) is 0 Å². The second-order valence-electron chi connectivity index (χ2n) is 2.14. The summed E-state index contributed by atoms with van der Waals surface area (Å²) in [5.41, 5.74) is 0.796. The maximum absolute atomic E-state index is 12.7. The first-order valence-corrected chi connectivity index (χ1v) is 4.04. The van der Waals surface area contributed by atoms with Crippen LogP contribution in [0.15, 0.2) is 28.7 Å². The van der Waals surface area contributed by atoms with Crippen LogP contribution in [0.3, 0.4) is 0 Å². The third-order valence-corrected chi connectivity index (χ3v) is 1.90. The molecular weight excluding hydrogens is 221 g/mol. The molecule has 0 N–H and O–H groups in total. The van der Waals surface area contributed by atoms with Gasteiger partial charge in [0.05, 0.1) is 10.5 Å². The van der Waals surface area contributed by atoms with E-state index in [0.29, 0.717) is 4.47 Å².